The topological polar surface area (TPSA) is 58.6 Å². The Kier molecular flexibility index (Phi) is 7.30. The molecule has 1 saturated carbocycles. The van der Waals surface area contributed by atoms with Crippen LogP contribution in [-0.4, -0.2) is 30.8 Å². The van der Waals surface area contributed by atoms with Crippen LogP contribution in [0.1, 0.15) is 44.6 Å². The number of nitrogens with one attached hydrogen (secondary N) is 1. The van der Waals surface area contributed by atoms with Gasteiger partial charge < -0.3 is 15.2 Å². The lowest BCUT2D eigenvalue weighted by molar-refractivity contribution is -0.174. The number of carbonyl (C=O) groups excluding carboxylic acids is 1. The van der Waals surface area contributed by atoms with Gasteiger partial charge in [0, 0.05) is 5.92 Å². The summed E-state index contributed by atoms with van der Waals surface area (Å²) in [5.74, 6) is 5.02. The van der Waals surface area contributed by atoms with Crippen LogP contribution >= 0.6 is 0 Å². The van der Waals surface area contributed by atoms with Gasteiger partial charge in [-0.2, -0.15) is 0 Å². The molecule has 24 heavy (non-hydrogen) atoms. The van der Waals surface area contributed by atoms with E-state index in [1.165, 1.54) is 0 Å². The van der Waals surface area contributed by atoms with Crippen LogP contribution in [0.3, 0.4) is 0 Å². The van der Waals surface area contributed by atoms with Crippen LogP contribution in [0.5, 0.6) is 0 Å². The lowest BCUT2D eigenvalue weighted by Crippen LogP contribution is -2.45. The molecule has 130 valence electrons. The minimum atomic E-state index is -1.58. The van der Waals surface area contributed by atoms with Crippen molar-refractivity contribution in [2.45, 2.75) is 44.6 Å². The van der Waals surface area contributed by atoms with E-state index in [4.69, 9.17) is 4.74 Å². The van der Waals surface area contributed by atoms with Crippen molar-refractivity contribution in [1.29, 1.82) is 0 Å². The Labute approximate surface area is 144 Å². The van der Waals surface area contributed by atoms with Crippen molar-refractivity contribution >= 4 is 5.97 Å². The molecule has 0 aliphatic heterocycles. The molecule has 4 heteroatoms. The summed E-state index contributed by atoms with van der Waals surface area (Å²) in [5, 5.41) is 14.4. The first kappa shape index (κ1) is 18.5. The van der Waals surface area contributed by atoms with Gasteiger partial charge in [0.1, 0.15) is 0 Å². The lowest BCUT2D eigenvalue weighted by atomic mass is 9.73. The quantitative estimate of drug-likeness (QED) is 0.478. The Bertz CT molecular complexity index is 570. The summed E-state index contributed by atoms with van der Waals surface area (Å²) >= 11 is 0. The molecule has 0 heterocycles. The number of carbonyl (C=O) groups is 1. The van der Waals surface area contributed by atoms with Gasteiger partial charge in [-0.25, -0.2) is 4.79 Å². The summed E-state index contributed by atoms with van der Waals surface area (Å²) < 4.78 is 5.30. The van der Waals surface area contributed by atoms with Gasteiger partial charge in [0.25, 0.3) is 0 Å². The Morgan fingerprint density at radius 2 is 1.96 bits per heavy atom. The molecular formula is C20H27NO3. The number of ether oxygens (including phenoxy) is 1. The number of benzene rings is 1. The van der Waals surface area contributed by atoms with E-state index >= 15 is 0 Å². The van der Waals surface area contributed by atoms with Crippen LogP contribution in [0, 0.1) is 17.8 Å². The maximum atomic E-state index is 12.7. The minimum absolute atomic E-state index is 0.00604. The second-order valence-electron chi connectivity index (χ2n) is 6.18. The zero-order valence-corrected chi connectivity index (χ0v) is 14.4. The van der Waals surface area contributed by atoms with Gasteiger partial charge in [0.2, 0.25) is 0 Å². The molecule has 0 amide bonds. The van der Waals surface area contributed by atoms with Crippen molar-refractivity contribution < 1.29 is 14.6 Å². The van der Waals surface area contributed by atoms with Crippen molar-refractivity contribution in [1.82, 2.24) is 5.32 Å². The molecule has 1 fully saturated rings. The van der Waals surface area contributed by atoms with E-state index in [1.54, 1.807) is 12.1 Å². The standard InChI is InChI=1S/C20H27NO3/c1-2-21-15-9-10-16-24-19(22)20(23,17-11-5-3-6-12-17)18-13-7-4-8-14-18/h3,5-6,11-12,18,21,23H,2,4,7-8,13-16H2,1H3/t20-/m0/s1. The first-order chi connectivity index (χ1) is 11.7. The molecule has 2 N–H and O–H groups in total. The van der Waals surface area contributed by atoms with Gasteiger partial charge in [-0.1, -0.05) is 68.4 Å². The van der Waals surface area contributed by atoms with Gasteiger partial charge in [0.15, 0.2) is 12.2 Å². The van der Waals surface area contributed by atoms with Crippen molar-refractivity contribution in [3.63, 3.8) is 0 Å². The average molecular weight is 329 g/mol. The molecule has 0 saturated heterocycles. The SMILES string of the molecule is CCNCC#CCOC(=O)[C@](O)(c1ccccc1)C1CCCCC1. The molecule has 0 aromatic heterocycles. The van der Waals surface area contributed by atoms with Gasteiger partial charge in [-0.3, -0.25) is 0 Å². The maximum absolute atomic E-state index is 12.7. The molecule has 1 aliphatic carbocycles. The van der Waals surface area contributed by atoms with E-state index in [0.717, 1.165) is 38.6 Å². The summed E-state index contributed by atoms with van der Waals surface area (Å²) in [6.45, 7) is 3.43. The highest BCUT2D eigenvalue weighted by Gasteiger charge is 2.46. The second kappa shape index (κ2) is 9.46. The average Bonchev–Trinajstić information content (AvgIpc) is 2.65. The van der Waals surface area contributed by atoms with Crippen LogP contribution in [0.2, 0.25) is 0 Å². The normalized spacial score (nSPS) is 17.4. The molecule has 1 atom stereocenters. The van der Waals surface area contributed by atoms with E-state index in [-0.39, 0.29) is 12.5 Å². The summed E-state index contributed by atoms with van der Waals surface area (Å²) in [6.07, 6.45) is 4.91. The summed E-state index contributed by atoms with van der Waals surface area (Å²) in [4.78, 5) is 12.7. The second-order valence-corrected chi connectivity index (χ2v) is 6.18. The summed E-state index contributed by atoms with van der Waals surface area (Å²) in [5.41, 5.74) is -0.965. The molecule has 0 radical (unpaired) electrons. The fraction of sp³-hybridized carbons (Fsp3) is 0.550. The molecule has 1 aromatic carbocycles. The van der Waals surface area contributed by atoms with Crippen molar-refractivity contribution in [3.8, 4) is 11.8 Å². The third-order valence-corrected chi connectivity index (χ3v) is 4.58. The van der Waals surface area contributed by atoms with Gasteiger partial charge in [-0.05, 0) is 24.9 Å². The van der Waals surface area contributed by atoms with E-state index in [9.17, 15) is 9.90 Å². The van der Waals surface area contributed by atoms with Crippen LogP contribution < -0.4 is 5.32 Å². The monoisotopic (exact) mass is 329 g/mol. The van der Waals surface area contributed by atoms with Crippen LogP contribution in [0.25, 0.3) is 0 Å². The third-order valence-electron chi connectivity index (χ3n) is 4.58. The van der Waals surface area contributed by atoms with Gasteiger partial charge >= 0.3 is 5.97 Å². The highest BCUT2D eigenvalue weighted by molar-refractivity contribution is 5.81. The molecular weight excluding hydrogens is 302 g/mol. The van der Waals surface area contributed by atoms with E-state index in [1.807, 2.05) is 25.1 Å². The van der Waals surface area contributed by atoms with E-state index in [0.29, 0.717) is 12.1 Å². The predicted molar refractivity (Wildman–Crippen MR) is 94.2 cm³/mol. The molecule has 0 unspecified atom stereocenters. The number of hydrogen-bond acceptors (Lipinski definition) is 4. The van der Waals surface area contributed by atoms with Gasteiger partial charge in [-0.15, -0.1) is 0 Å². The maximum Gasteiger partial charge on any atom is 0.344 e. The predicted octanol–water partition coefficient (Wildman–Crippen LogP) is 2.61. The fourth-order valence-corrected chi connectivity index (χ4v) is 3.25. The smallest absolute Gasteiger partial charge is 0.344 e. The zero-order chi connectivity index (χ0) is 17.3. The summed E-state index contributed by atoms with van der Waals surface area (Å²) in [6, 6.07) is 9.15. The number of rotatable bonds is 6. The van der Waals surface area contributed by atoms with Crippen molar-refractivity contribution in [2.75, 3.05) is 19.7 Å². The first-order valence-electron chi connectivity index (χ1n) is 8.81. The Balaban J connectivity index is 2.10. The Hall–Kier alpha value is -1.83. The molecule has 0 bridgehead atoms. The lowest BCUT2D eigenvalue weighted by Gasteiger charge is -2.36. The molecule has 2 rings (SSSR count). The third kappa shape index (κ3) is 4.59. The molecule has 1 aromatic rings. The highest BCUT2D eigenvalue weighted by Crippen LogP contribution is 2.40. The van der Waals surface area contributed by atoms with Crippen LogP contribution in [0.15, 0.2) is 30.3 Å². The van der Waals surface area contributed by atoms with E-state index < -0.39 is 11.6 Å². The van der Waals surface area contributed by atoms with Gasteiger partial charge in [0.05, 0.1) is 6.54 Å². The summed E-state index contributed by atoms with van der Waals surface area (Å²) in [7, 11) is 0. The minimum Gasteiger partial charge on any atom is -0.450 e. The zero-order valence-electron chi connectivity index (χ0n) is 14.4. The fourth-order valence-electron chi connectivity index (χ4n) is 3.25. The van der Waals surface area contributed by atoms with Crippen molar-refractivity contribution in [3.05, 3.63) is 35.9 Å². The van der Waals surface area contributed by atoms with Crippen molar-refractivity contribution in [2.24, 2.45) is 5.92 Å². The first-order valence-corrected chi connectivity index (χ1v) is 8.81. The molecule has 0 spiro atoms. The molecule has 4 nitrogen and oxygen atoms in total. The number of aliphatic hydroxyl groups is 1. The van der Waals surface area contributed by atoms with Crippen LogP contribution in [0.4, 0.5) is 0 Å². The number of hydrogen-bond donors (Lipinski definition) is 2. The Morgan fingerprint density at radius 1 is 1.25 bits per heavy atom. The molecule has 1 aliphatic rings. The largest absolute Gasteiger partial charge is 0.450 e. The Morgan fingerprint density at radius 3 is 2.62 bits per heavy atom. The van der Waals surface area contributed by atoms with E-state index in [2.05, 4.69) is 17.2 Å². The highest BCUT2D eigenvalue weighted by atomic mass is 16.5. The van der Waals surface area contributed by atoms with Crippen LogP contribution in [-0.2, 0) is 15.1 Å². The number of esters is 1.